The number of aromatic hydroxyl groups is 1. The molecule has 0 radical (unpaired) electrons. The molecule has 0 fully saturated rings. The zero-order chi connectivity index (χ0) is 9.42. The molecule has 4 heteroatoms. The third-order valence-corrected chi connectivity index (χ3v) is 3.25. The molecular weight excluding hydrogens is 204 g/mol. The highest BCUT2D eigenvalue weighted by atomic mass is 32.1. The van der Waals surface area contributed by atoms with Crippen LogP contribution in [0.3, 0.4) is 0 Å². The Kier molecular flexibility index (Phi) is 2.01. The summed E-state index contributed by atoms with van der Waals surface area (Å²) in [5.41, 5.74) is 0.487. The van der Waals surface area contributed by atoms with E-state index in [0.29, 0.717) is 5.56 Å². The number of phenolic OH excluding ortho intramolecular Hbond substituents is 1. The van der Waals surface area contributed by atoms with Crippen LogP contribution >= 0.6 is 24.0 Å². The van der Waals surface area contributed by atoms with Gasteiger partial charge in [0.15, 0.2) is 6.29 Å². The predicted molar refractivity (Wildman–Crippen MR) is 56.1 cm³/mol. The summed E-state index contributed by atoms with van der Waals surface area (Å²) in [6.07, 6.45) is 0.731. The fourth-order valence-corrected chi connectivity index (χ4v) is 2.63. The van der Waals surface area contributed by atoms with Gasteiger partial charge in [-0.25, -0.2) is 0 Å². The first-order valence-corrected chi connectivity index (χ1v) is 4.93. The lowest BCUT2D eigenvalue weighted by molar-refractivity contribution is 0.112. The molecular formula is C9H6O2S2. The number of fused-ring (bicyclic) bond motifs is 1. The highest BCUT2D eigenvalue weighted by Crippen LogP contribution is 2.33. The van der Waals surface area contributed by atoms with Crippen LogP contribution in [0.2, 0.25) is 0 Å². The Hall–Kier alpha value is -1.00. The van der Waals surface area contributed by atoms with Gasteiger partial charge < -0.3 is 5.11 Å². The minimum Gasteiger partial charge on any atom is -0.508 e. The summed E-state index contributed by atoms with van der Waals surface area (Å²) in [7, 11) is 0. The second kappa shape index (κ2) is 3.05. The fourth-order valence-electron chi connectivity index (χ4n) is 1.26. The average Bonchev–Trinajstić information content (AvgIpc) is 2.46. The van der Waals surface area contributed by atoms with E-state index < -0.39 is 0 Å². The Labute approximate surface area is 84.2 Å². The van der Waals surface area contributed by atoms with E-state index in [0.717, 1.165) is 21.3 Å². The standard InChI is InChI=1S/C9H6O2S2/c10-3-5-1-6(11)2-8-9(5)7(12)4-13-8/h1-4,11-12H. The second-order valence-electron chi connectivity index (χ2n) is 2.65. The van der Waals surface area contributed by atoms with Crippen molar-refractivity contribution in [1.82, 2.24) is 0 Å². The second-order valence-corrected chi connectivity index (χ2v) is 4.04. The molecule has 2 nitrogen and oxygen atoms in total. The van der Waals surface area contributed by atoms with Gasteiger partial charge >= 0.3 is 0 Å². The number of phenols is 1. The number of carbonyl (C=O) groups excluding carboxylic acids is 1. The molecule has 0 bridgehead atoms. The largest absolute Gasteiger partial charge is 0.508 e. The van der Waals surface area contributed by atoms with E-state index in [1.54, 1.807) is 6.07 Å². The number of rotatable bonds is 1. The SMILES string of the molecule is O=Cc1cc(O)cc2scc(S)c12. The first-order valence-electron chi connectivity index (χ1n) is 3.60. The third kappa shape index (κ3) is 1.32. The zero-order valence-electron chi connectivity index (χ0n) is 6.52. The van der Waals surface area contributed by atoms with Gasteiger partial charge in [-0.2, -0.15) is 0 Å². The van der Waals surface area contributed by atoms with Crippen molar-refractivity contribution < 1.29 is 9.90 Å². The molecule has 0 aliphatic carbocycles. The van der Waals surface area contributed by atoms with Crippen molar-refractivity contribution in [2.45, 2.75) is 4.90 Å². The summed E-state index contributed by atoms with van der Waals surface area (Å²) >= 11 is 5.69. The lowest BCUT2D eigenvalue weighted by Crippen LogP contribution is -1.80. The van der Waals surface area contributed by atoms with Crippen LogP contribution < -0.4 is 0 Å². The molecule has 0 amide bonds. The molecule has 1 aromatic carbocycles. The van der Waals surface area contributed by atoms with Gasteiger partial charge in [0, 0.05) is 25.9 Å². The summed E-state index contributed by atoms with van der Waals surface area (Å²) in [5.74, 6) is 0.116. The molecule has 66 valence electrons. The number of hydrogen-bond donors (Lipinski definition) is 2. The Morgan fingerprint density at radius 2 is 2.23 bits per heavy atom. The summed E-state index contributed by atoms with van der Waals surface area (Å²) in [4.78, 5) is 11.5. The van der Waals surface area contributed by atoms with Crippen LogP contribution in [0.25, 0.3) is 10.1 Å². The first kappa shape index (κ1) is 8.59. The Balaban J connectivity index is 2.92. The van der Waals surface area contributed by atoms with Crippen LogP contribution in [0, 0.1) is 0 Å². The molecule has 0 unspecified atom stereocenters. The van der Waals surface area contributed by atoms with Crippen molar-refractivity contribution in [3.8, 4) is 5.75 Å². The van der Waals surface area contributed by atoms with Crippen LogP contribution in [-0.4, -0.2) is 11.4 Å². The highest BCUT2D eigenvalue weighted by Gasteiger charge is 2.07. The lowest BCUT2D eigenvalue weighted by atomic mass is 10.1. The summed E-state index contributed by atoms with van der Waals surface area (Å²) in [6, 6.07) is 3.08. The van der Waals surface area contributed by atoms with Crippen molar-refractivity contribution in [3.05, 3.63) is 23.1 Å². The van der Waals surface area contributed by atoms with Gasteiger partial charge in [-0.3, -0.25) is 4.79 Å². The molecule has 0 spiro atoms. The average molecular weight is 210 g/mol. The number of hydrogen-bond acceptors (Lipinski definition) is 4. The van der Waals surface area contributed by atoms with Crippen LogP contribution in [0.5, 0.6) is 5.75 Å². The van der Waals surface area contributed by atoms with Gasteiger partial charge in [0.2, 0.25) is 0 Å². The molecule has 0 saturated heterocycles. The van der Waals surface area contributed by atoms with Crippen LogP contribution in [0.1, 0.15) is 10.4 Å². The van der Waals surface area contributed by atoms with Crippen LogP contribution in [-0.2, 0) is 0 Å². The molecule has 0 aliphatic rings. The van der Waals surface area contributed by atoms with E-state index in [1.807, 2.05) is 5.38 Å². The first-order chi connectivity index (χ1) is 6.22. The van der Waals surface area contributed by atoms with E-state index in [4.69, 9.17) is 0 Å². The lowest BCUT2D eigenvalue weighted by Gasteiger charge is -1.97. The number of benzene rings is 1. The molecule has 1 N–H and O–H groups in total. The third-order valence-electron chi connectivity index (χ3n) is 1.80. The topological polar surface area (TPSA) is 37.3 Å². The van der Waals surface area contributed by atoms with Crippen molar-refractivity contribution in [1.29, 1.82) is 0 Å². The van der Waals surface area contributed by atoms with E-state index >= 15 is 0 Å². The van der Waals surface area contributed by atoms with Gasteiger partial charge in [0.05, 0.1) is 0 Å². The normalized spacial score (nSPS) is 10.5. The number of thiol groups is 1. The number of carbonyl (C=O) groups is 1. The number of thiophene rings is 1. The van der Waals surface area contributed by atoms with Gasteiger partial charge in [0.25, 0.3) is 0 Å². The number of aldehydes is 1. The van der Waals surface area contributed by atoms with Crippen LogP contribution in [0.15, 0.2) is 22.4 Å². The highest BCUT2D eigenvalue weighted by molar-refractivity contribution is 7.80. The summed E-state index contributed by atoms with van der Waals surface area (Å²) in [5, 5.41) is 11.9. The fraction of sp³-hybridized carbons (Fsp3) is 0. The maximum absolute atomic E-state index is 10.7. The van der Waals surface area contributed by atoms with E-state index in [2.05, 4.69) is 12.6 Å². The van der Waals surface area contributed by atoms with Crippen molar-refractivity contribution in [3.63, 3.8) is 0 Å². The predicted octanol–water partition coefficient (Wildman–Crippen LogP) is 2.71. The Bertz CT molecular complexity index is 474. The van der Waals surface area contributed by atoms with Gasteiger partial charge in [-0.15, -0.1) is 24.0 Å². The van der Waals surface area contributed by atoms with Gasteiger partial charge in [-0.1, -0.05) is 0 Å². The molecule has 0 aliphatic heterocycles. The van der Waals surface area contributed by atoms with Crippen molar-refractivity contribution in [2.24, 2.45) is 0 Å². The molecule has 13 heavy (non-hydrogen) atoms. The van der Waals surface area contributed by atoms with Crippen molar-refractivity contribution in [2.75, 3.05) is 0 Å². The van der Waals surface area contributed by atoms with Gasteiger partial charge in [0.1, 0.15) is 5.75 Å². The quantitative estimate of drug-likeness (QED) is 0.561. The molecule has 1 heterocycles. The molecule has 1 aromatic heterocycles. The molecule has 2 aromatic rings. The van der Waals surface area contributed by atoms with Gasteiger partial charge in [-0.05, 0) is 12.1 Å². The van der Waals surface area contributed by atoms with Crippen molar-refractivity contribution >= 4 is 40.3 Å². The maximum atomic E-state index is 10.7. The zero-order valence-corrected chi connectivity index (χ0v) is 8.23. The monoisotopic (exact) mass is 210 g/mol. The molecule has 2 rings (SSSR count). The smallest absolute Gasteiger partial charge is 0.150 e. The summed E-state index contributed by atoms with van der Waals surface area (Å²) < 4.78 is 0.882. The summed E-state index contributed by atoms with van der Waals surface area (Å²) in [6.45, 7) is 0. The Morgan fingerprint density at radius 1 is 1.46 bits per heavy atom. The molecule has 0 atom stereocenters. The van der Waals surface area contributed by atoms with E-state index in [9.17, 15) is 9.90 Å². The minimum atomic E-state index is 0.116. The van der Waals surface area contributed by atoms with E-state index in [1.165, 1.54) is 17.4 Å². The molecule has 0 saturated carbocycles. The van der Waals surface area contributed by atoms with E-state index in [-0.39, 0.29) is 5.75 Å². The Morgan fingerprint density at radius 3 is 2.92 bits per heavy atom. The van der Waals surface area contributed by atoms with Crippen LogP contribution in [0.4, 0.5) is 0 Å². The maximum Gasteiger partial charge on any atom is 0.150 e. The minimum absolute atomic E-state index is 0.116.